The molecular formula is C20H19NO3S. The highest BCUT2D eigenvalue weighted by Gasteiger charge is 2.15. The lowest BCUT2D eigenvalue weighted by atomic mass is 9.99. The number of carboxylic acid groups (broad SMARTS) is 1. The SMILES string of the molecule is CC=Cc1cc(CCc2cc(=O)[nH]c3c(C(=O)O)csc23)ccc1C. The van der Waals surface area contributed by atoms with Gasteiger partial charge in [0, 0.05) is 11.4 Å². The third kappa shape index (κ3) is 3.56. The fraction of sp³-hybridized carbons (Fsp3) is 0.200. The van der Waals surface area contributed by atoms with Crippen molar-refractivity contribution in [1.82, 2.24) is 4.98 Å². The Balaban J connectivity index is 1.93. The third-order valence-electron chi connectivity index (χ3n) is 4.24. The number of aromatic nitrogens is 1. The highest BCUT2D eigenvalue weighted by atomic mass is 32.1. The predicted molar refractivity (Wildman–Crippen MR) is 103 cm³/mol. The summed E-state index contributed by atoms with van der Waals surface area (Å²) in [6, 6.07) is 7.94. The van der Waals surface area contributed by atoms with E-state index in [1.54, 1.807) is 11.4 Å². The molecule has 0 aliphatic heterocycles. The number of carboxylic acids is 1. The predicted octanol–water partition coefficient (Wildman–Crippen LogP) is 4.41. The Labute approximate surface area is 149 Å². The van der Waals surface area contributed by atoms with E-state index in [9.17, 15) is 14.7 Å². The molecule has 2 aromatic heterocycles. The van der Waals surface area contributed by atoms with Crippen LogP contribution < -0.4 is 5.56 Å². The summed E-state index contributed by atoms with van der Waals surface area (Å²) >= 11 is 1.36. The summed E-state index contributed by atoms with van der Waals surface area (Å²) < 4.78 is 0.845. The Morgan fingerprint density at radius 3 is 2.80 bits per heavy atom. The van der Waals surface area contributed by atoms with E-state index < -0.39 is 5.97 Å². The van der Waals surface area contributed by atoms with Crippen LogP contribution in [-0.4, -0.2) is 16.1 Å². The number of aryl methyl sites for hydroxylation is 3. The quantitative estimate of drug-likeness (QED) is 0.713. The lowest BCUT2D eigenvalue weighted by molar-refractivity contribution is 0.0699. The first-order valence-electron chi connectivity index (χ1n) is 8.08. The number of fused-ring (bicyclic) bond motifs is 1. The second-order valence-corrected chi connectivity index (χ2v) is 6.89. The van der Waals surface area contributed by atoms with Crippen LogP contribution in [-0.2, 0) is 12.8 Å². The Hall–Kier alpha value is -2.66. The minimum Gasteiger partial charge on any atom is -0.478 e. The van der Waals surface area contributed by atoms with Gasteiger partial charge in [0.15, 0.2) is 0 Å². The van der Waals surface area contributed by atoms with E-state index in [0.717, 1.165) is 16.7 Å². The Bertz CT molecular complexity index is 1030. The van der Waals surface area contributed by atoms with Gasteiger partial charge < -0.3 is 10.1 Å². The summed E-state index contributed by atoms with van der Waals surface area (Å²) in [5.74, 6) is -1.02. The minimum absolute atomic E-state index is 0.157. The van der Waals surface area contributed by atoms with Crippen LogP contribution in [0.4, 0.5) is 0 Å². The second kappa shape index (κ2) is 7.07. The van der Waals surface area contributed by atoms with E-state index in [4.69, 9.17) is 0 Å². The number of H-pyrrole nitrogens is 1. The van der Waals surface area contributed by atoms with Crippen molar-refractivity contribution >= 4 is 33.6 Å². The molecule has 0 saturated heterocycles. The molecular weight excluding hydrogens is 334 g/mol. The third-order valence-corrected chi connectivity index (χ3v) is 5.30. The highest BCUT2D eigenvalue weighted by molar-refractivity contribution is 7.17. The maximum absolute atomic E-state index is 11.9. The number of aromatic carboxylic acids is 1. The number of hydrogen-bond donors (Lipinski definition) is 2. The monoisotopic (exact) mass is 353 g/mol. The van der Waals surface area contributed by atoms with Crippen molar-refractivity contribution in [2.24, 2.45) is 0 Å². The molecule has 3 rings (SSSR count). The molecule has 0 aliphatic rings. The van der Waals surface area contributed by atoms with E-state index in [-0.39, 0.29) is 11.1 Å². The lowest BCUT2D eigenvalue weighted by Crippen LogP contribution is -2.08. The molecule has 4 nitrogen and oxygen atoms in total. The molecule has 25 heavy (non-hydrogen) atoms. The number of aromatic amines is 1. The van der Waals surface area contributed by atoms with Gasteiger partial charge in [-0.15, -0.1) is 11.3 Å². The van der Waals surface area contributed by atoms with E-state index >= 15 is 0 Å². The Kier molecular flexibility index (Phi) is 4.86. The molecule has 0 spiro atoms. The number of pyridine rings is 1. The number of carbonyl (C=O) groups is 1. The summed E-state index contributed by atoms with van der Waals surface area (Å²) in [5.41, 5.74) is 4.83. The van der Waals surface area contributed by atoms with Crippen LogP contribution in [0.5, 0.6) is 0 Å². The number of thiophene rings is 1. The van der Waals surface area contributed by atoms with Crippen molar-refractivity contribution in [1.29, 1.82) is 0 Å². The summed E-state index contributed by atoms with van der Waals surface area (Å²) in [5, 5.41) is 10.8. The minimum atomic E-state index is -1.02. The van der Waals surface area contributed by atoms with Gasteiger partial charge in [0.2, 0.25) is 5.56 Å². The summed E-state index contributed by atoms with van der Waals surface area (Å²) in [6.45, 7) is 4.08. The highest BCUT2D eigenvalue weighted by Crippen LogP contribution is 2.27. The topological polar surface area (TPSA) is 70.2 Å². The van der Waals surface area contributed by atoms with Gasteiger partial charge in [-0.2, -0.15) is 0 Å². The molecule has 5 heteroatoms. The van der Waals surface area contributed by atoms with Crippen LogP contribution in [0.1, 0.15) is 39.5 Å². The van der Waals surface area contributed by atoms with E-state index in [2.05, 4.69) is 36.2 Å². The van der Waals surface area contributed by atoms with Crippen molar-refractivity contribution in [2.45, 2.75) is 26.7 Å². The zero-order chi connectivity index (χ0) is 18.0. The molecule has 0 saturated carbocycles. The first kappa shape index (κ1) is 17.2. The average molecular weight is 353 g/mol. The van der Waals surface area contributed by atoms with Crippen molar-refractivity contribution in [3.8, 4) is 0 Å². The zero-order valence-corrected chi connectivity index (χ0v) is 14.9. The largest absolute Gasteiger partial charge is 0.478 e. The van der Waals surface area contributed by atoms with Gasteiger partial charge in [-0.1, -0.05) is 30.4 Å². The number of hydrogen-bond acceptors (Lipinski definition) is 3. The molecule has 0 amide bonds. The molecule has 1 aromatic carbocycles. The molecule has 0 unspecified atom stereocenters. The van der Waals surface area contributed by atoms with Crippen LogP contribution in [0.25, 0.3) is 16.3 Å². The van der Waals surface area contributed by atoms with Gasteiger partial charge in [-0.05, 0) is 48.9 Å². The second-order valence-electron chi connectivity index (χ2n) is 6.01. The van der Waals surface area contributed by atoms with Gasteiger partial charge in [0.1, 0.15) is 0 Å². The maximum Gasteiger partial charge on any atom is 0.338 e. The molecule has 128 valence electrons. The summed E-state index contributed by atoms with van der Waals surface area (Å²) in [4.78, 5) is 25.9. The maximum atomic E-state index is 11.9. The van der Waals surface area contributed by atoms with Crippen molar-refractivity contribution in [2.75, 3.05) is 0 Å². The Morgan fingerprint density at radius 2 is 2.08 bits per heavy atom. The lowest BCUT2D eigenvalue weighted by Gasteiger charge is -2.07. The van der Waals surface area contributed by atoms with Gasteiger partial charge in [0.25, 0.3) is 0 Å². The van der Waals surface area contributed by atoms with Crippen LogP contribution in [0.15, 0.2) is 40.5 Å². The van der Waals surface area contributed by atoms with Crippen LogP contribution >= 0.6 is 11.3 Å². The normalized spacial score (nSPS) is 11.4. The number of benzene rings is 1. The molecule has 0 bridgehead atoms. The van der Waals surface area contributed by atoms with Gasteiger partial charge in [-0.3, -0.25) is 4.79 Å². The smallest absolute Gasteiger partial charge is 0.338 e. The standard InChI is InChI=1S/C20H19NO3S/c1-3-4-14-9-13(6-5-12(14)2)7-8-15-10-17(22)21-18-16(20(23)24)11-25-19(15)18/h3-6,9-11H,7-8H2,1-2H3,(H,21,22)(H,23,24). The fourth-order valence-corrected chi connectivity index (χ4v) is 3.97. The first-order valence-corrected chi connectivity index (χ1v) is 8.96. The van der Waals surface area contributed by atoms with E-state index in [1.807, 2.05) is 13.0 Å². The number of rotatable bonds is 5. The van der Waals surface area contributed by atoms with Gasteiger partial charge in [0.05, 0.1) is 15.8 Å². The van der Waals surface area contributed by atoms with Crippen molar-refractivity contribution < 1.29 is 9.90 Å². The molecule has 0 aliphatic carbocycles. The van der Waals surface area contributed by atoms with E-state index in [1.165, 1.54) is 28.0 Å². The molecule has 0 atom stereocenters. The summed E-state index contributed by atoms with van der Waals surface area (Å²) in [6.07, 6.45) is 5.59. The Morgan fingerprint density at radius 1 is 1.28 bits per heavy atom. The first-order chi connectivity index (χ1) is 12.0. The molecule has 3 aromatic rings. The van der Waals surface area contributed by atoms with Crippen LogP contribution in [0.3, 0.4) is 0 Å². The number of allylic oxidation sites excluding steroid dienone is 1. The molecule has 2 heterocycles. The van der Waals surface area contributed by atoms with Crippen molar-refractivity contribution in [3.05, 3.63) is 73.9 Å². The van der Waals surface area contributed by atoms with Crippen LogP contribution in [0, 0.1) is 6.92 Å². The van der Waals surface area contributed by atoms with E-state index in [0.29, 0.717) is 11.9 Å². The number of nitrogens with one attached hydrogen (secondary N) is 1. The molecule has 0 fully saturated rings. The fourth-order valence-electron chi connectivity index (χ4n) is 2.93. The summed E-state index contributed by atoms with van der Waals surface area (Å²) in [7, 11) is 0. The molecule has 0 radical (unpaired) electrons. The van der Waals surface area contributed by atoms with Crippen molar-refractivity contribution in [3.63, 3.8) is 0 Å². The van der Waals surface area contributed by atoms with Crippen LogP contribution in [0.2, 0.25) is 0 Å². The zero-order valence-electron chi connectivity index (χ0n) is 14.1. The average Bonchev–Trinajstić information content (AvgIpc) is 2.99. The molecule has 2 N–H and O–H groups in total. The van der Waals surface area contributed by atoms with Gasteiger partial charge >= 0.3 is 5.97 Å². The van der Waals surface area contributed by atoms with Gasteiger partial charge in [-0.25, -0.2) is 4.79 Å².